The number of amides is 1. The smallest absolute Gasteiger partial charge is 0.251 e. The molecule has 104 valence electrons. The van der Waals surface area contributed by atoms with Gasteiger partial charge >= 0.3 is 0 Å². The van der Waals surface area contributed by atoms with Crippen LogP contribution in [0.5, 0.6) is 0 Å². The van der Waals surface area contributed by atoms with Crippen molar-refractivity contribution in [1.82, 2.24) is 15.3 Å². The Morgan fingerprint density at radius 2 is 2.20 bits per heavy atom. The summed E-state index contributed by atoms with van der Waals surface area (Å²) in [7, 11) is 0. The number of carbonyl (C=O) groups excluding carboxylic acids is 1. The van der Waals surface area contributed by atoms with Gasteiger partial charge in [0.1, 0.15) is 11.0 Å². The van der Waals surface area contributed by atoms with Crippen molar-refractivity contribution < 1.29 is 4.79 Å². The molecule has 2 N–H and O–H groups in total. The van der Waals surface area contributed by atoms with Crippen LogP contribution in [0.2, 0.25) is 5.15 Å². The molecule has 6 heteroatoms. The second kappa shape index (κ2) is 6.86. The molecule has 0 bridgehead atoms. The van der Waals surface area contributed by atoms with Crippen LogP contribution in [0.25, 0.3) is 0 Å². The summed E-state index contributed by atoms with van der Waals surface area (Å²) in [4.78, 5) is 20.3. The van der Waals surface area contributed by atoms with Gasteiger partial charge in [-0.15, -0.1) is 0 Å². The second-order valence-corrected chi connectivity index (χ2v) is 4.49. The quantitative estimate of drug-likeness (QED) is 0.830. The summed E-state index contributed by atoms with van der Waals surface area (Å²) in [5.74, 6) is 0.377. The molecule has 0 spiro atoms. The number of hydrogen-bond donors (Lipinski definition) is 2. The SMILES string of the molecule is CCNc1cc(C(=O)NCc2ccccn2)cc(Cl)n1. The normalized spacial score (nSPS) is 10.1. The number of nitrogens with one attached hydrogen (secondary N) is 2. The summed E-state index contributed by atoms with van der Waals surface area (Å²) < 4.78 is 0. The lowest BCUT2D eigenvalue weighted by Crippen LogP contribution is -2.23. The lowest BCUT2D eigenvalue weighted by Gasteiger charge is -2.08. The van der Waals surface area contributed by atoms with Crippen LogP contribution in [0.3, 0.4) is 0 Å². The van der Waals surface area contributed by atoms with Crippen LogP contribution in [0.4, 0.5) is 5.82 Å². The summed E-state index contributed by atoms with van der Waals surface area (Å²) in [6.07, 6.45) is 1.69. The van der Waals surface area contributed by atoms with Gasteiger partial charge in [-0.25, -0.2) is 4.98 Å². The molecule has 5 nitrogen and oxygen atoms in total. The molecule has 0 aromatic carbocycles. The zero-order chi connectivity index (χ0) is 14.4. The third kappa shape index (κ3) is 3.93. The molecule has 1 amide bonds. The number of pyridine rings is 2. The van der Waals surface area contributed by atoms with Gasteiger partial charge in [-0.2, -0.15) is 0 Å². The van der Waals surface area contributed by atoms with Crippen molar-refractivity contribution in [2.45, 2.75) is 13.5 Å². The average Bonchev–Trinajstić information content (AvgIpc) is 2.45. The van der Waals surface area contributed by atoms with E-state index in [-0.39, 0.29) is 11.1 Å². The Balaban J connectivity index is 2.05. The molecule has 2 rings (SSSR count). The molecule has 2 aromatic rings. The molecule has 0 aliphatic rings. The maximum Gasteiger partial charge on any atom is 0.251 e. The van der Waals surface area contributed by atoms with E-state index >= 15 is 0 Å². The number of anilines is 1. The zero-order valence-electron chi connectivity index (χ0n) is 11.1. The molecular weight excluding hydrogens is 276 g/mol. The van der Waals surface area contributed by atoms with Crippen molar-refractivity contribution in [2.24, 2.45) is 0 Å². The molecule has 0 aliphatic carbocycles. The Morgan fingerprint density at radius 3 is 2.90 bits per heavy atom. The van der Waals surface area contributed by atoms with Crippen LogP contribution in [0.1, 0.15) is 23.0 Å². The molecular formula is C14H15ClN4O. The predicted molar refractivity (Wildman–Crippen MR) is 78.8 cm³/mol. The lowest BCUT2D eigenvalue weighted by molar-refractivity contribution is 0.0950. The highest BCUT2D eigenvalue weighted by Gasteiger charge is 2.09. The van der Waals surface area contributed by atoms with Gasteiger partial charge in [-0.3, -0.25) is 9.78 Å². The molecule has 0 unspecified atom stereocenters. The van der Waals surface area contributed by atoms with Gasteiger partial charge in [0, 0.05) is 18.3 Å². The first-order chi connectivity index (χ1) is 9.69. The molecule has 2 heterocycles. The topological polar surface area (TPSA) is 66.9 Å². The van der Waals surface area contributed by atoms with Crippen molar-refractivity contribution in [3.8, 4) is 0 Å². The maximum absolute atomic E-state index is 12.1. The summed E-state index contributed by atoms with van der Waals surface area (Å²) >= 11 is 5.90. The Kier molecular flexibility index (Phi) is 4.90. The highest BCUT2D eigenvalue weighted by atomic mass is 35.5. The van der Waals surface area contributed by atoms with Crippen molar-refractivity contribution in [2.75, 3.05) is 11.9 Å². The first-order valence-electron chi connectivity index (χ1n) is 6.28. The second-order valence-electron chi connectivity index (χ2n) is 4.10. The fourth-order valence-corrected chi connectivity index (χ4v) is 1.88. The largest absolute Gasteiger partial charge is 0.370 e. The highest BCUT2D eigenvalue weighted by molar-refractivity contribution is 6.29. The number of hydrogen-bond acceptors (Lipinski definition) is 4. The minimum Gasteiger partial charge on any atom is -0.370 e. The van der Waals surface area contributed by atoms with Gasteiger partial charge in [-0.05, 0) is 31.2 Å². The van der Waals surface area contributed by atoms with E-state index in [2.05, 4.69) is 20.6 Å². The minimum atomic E-state index is -0.209. The molecule has 2 aromatic heterocycles. The summed E-state index contributed by atoms with van der Waals surface area (Å²) in [5.41, 5.74) is 1.27. The van der Waals surface area contributed by atoms with E-state index in [9.17, 15) is 4.79 Å². The Labute approximate surface area is 122 Å². The van der Waals surface area contributed by atoms with E-state index in [4.69, 9.17) is 11.6 Å². The van der Waals surface area contributed by atoms with Crippen molar-refractivity contribution in [3.05, 3.63) is 52.9 Å². The van der Waals surface area contributed by atoms with E-state index in [1.165, 1.54) is 6.07 Å². The molecule has 0 radical (unpaired) electrons. The van der Waals surface area contributed by atoms with Crippen LogP contribution in [-0.4, -0.2) is 22.4 Å². The summed E-state index contributed by atoms with van der Waals surface area (Å²) in [5, 5.41) is 6.11. The fraction of sp³-hybridized carbons (Fsp3) is 0.214. The Hall–Kier alpha value is -2.14. The molecule has 0 aliphatic heterocycles. The van der Waals surface area contributed by atoms with Crippen LogP contribution < -0.4 is 10.6 Å². The zero-order valence-corrected chi connectivity index (χ0v) is 11.8. The first-order valence-corrected chi connectivity index (χ1v) is 6.66. The van der Waals surface area contributed by atoms with E-state index in [1.54, 1.807) is 12.3 Å². The van der Waals surface area contributed by atoms with Gasteiger partial charge in [0.05, 0.1) is 12.2 Å². The van der Waals surface area contributed by atoms with Gasteiger partial charge in [-0.1, -0.05) is 17.7 Å². The number of aromatic nitrogens is 2. The first kappa shape index (κ1) is 14.3. The van der Waals surface area contributed by atoms with Gasteiger partial charge in [0.25, 0.3) is 5.91 Å². The molecule has 0 saturated heterocycles. The molecule has 0 fully saturated rings. The van der Waals surface area contributed by atoms with E-state index < -0.39 is 0 Å². The van der Waals surface area contributed by atoms with Crippen molar-refractivity contribution in [3.63, 3.8) is 0 Å². The lowest BCUT2D eigenvalue weighted by atomic mass is 10.2. The van der Waals surface area contributed by atoms with E-state index in [0.29, 0.717) is 24.5 Å². The Morgan fingerprint density at radius 1 is 1.35 bits per heavy atom. The van der Waals surface area contributed by atoms with Crippen molar-refractivity contribution >= 4 is 23.3 Å². The molecule has 20 heavy (non-hydrogen) atoms. The predicted octanol–water partition coefficient (Wildman–Crippen LogP) is 2.49. The van der Waals surface area contributed by atoms with Crippen LogP contribution in [0, 0.1) is 0 Å². The average molecular weight is 291 g/mol. The highest BCUT2D eigenvalue weighted by Crippen LogP contribution is 2.14. The van der Waals surface area contributed by atoms with Crippen molar-refractivity contribution in [1.29, 1.82) is 0 Å². The number of halogens is 1. The number of nitrogens with zero attached hydrogens (tertiary/aromatic N) is 2. The van der Waals surface area contributed by atoms with Crippen LogP contribution in [0.15, 0.2) is 36.5 Å². The number of rotatable bonds is 5. The van der Waals surface area contributed by atoms with Gasteiger partial charge < -0.3 is 10.6 Å². The van der Waals surface area contributed by atoms with Crippen LogP contribution >= 0.6 is 11.6 Å². The van der Waals surface area contributed by atoms with E-state index in [1.807, 2.05) is 25.1 Å². The van der Waals surface area contributed by atoms with Crippen LogP contribution in [-0.2, 0) is 6.54 Å². The third-order valence-corrected chi connectivity index (χ3v) is 2.76. The summed E-state index contributed by atoms with van der Waals surface area (Å²) in [6, 6.07) is 8.76. The van der Waals surface area contributed by atoms with Gasteiger partial charge in [0.2, 0.25) is 0 Å². The van der Waals surface area contributed by atoms with Gasteiger partial charge in [0.15, 0.2) is 0 Å². The third-order valence-electron chi connectivity index (χ3n) is 2.57. The monoisotopic (exact) mass is 290 g/mol. The number of carbonyl (C=O) groups is 1. The molecule has 0 atom stereocenters. The maximum atomic E-state index is 12.1. The fourth-order valence-electron chi connectivity index (χ4n) is 1.68. The van der Waals surface area contributed by atoms with E-state index in [0.717, 1.165) is 5.69 Å². The molecule has 0 saturated carbocycles. The minimum absolute atomic E-state index is 0.209. The summed E-state index contributed by atoms with van der Waals surface area (Å²) in [6.45, 7) is 3.03. The Bertz CT molecular complexity index is 589. The standard InChI is InChI=1S/C14H15ClN4O/c1-2-16-13-8-10(7-12(15)19-13)14(20)18-9-11-5-3-4-6-17-11/h3-8H,2,9H2,1H3,(H,16,19)(H,18,20).